The van der Waals surface area contributed by atoms with E-state index in [1.807, 2.05) is 12.1 Å². The first-order valence-electron chi connectivity index (χ1n) is 12.5. The van der Waals surface area contributed by atoms with Crippen LogP contribution in [0.1, 0.15) is 46.8 Å². The molecule has 0 aliphatic carbocycles. The molecule has 41 heavy (non-hydrogen) atoms. The maximum absolute atomic E-state index is 12.5. The topological polar surface area (TPSA) is 172 Å². The van der Waals surface area contributed by atoms with E-state index in [0.29, 0.717) is 33.8 Å². The minimum absolute atomic E-state index is 0.0337. The summed E-state index contributed by atoms with van der Waals surface area (Å²) in [4.78, 5) is 44.7. The number of carbonyl (C=O) groups is 4. The van der Waals surface area contributed by atoms with Gasteiger partial charge in [0.25, 0.3) is 0 Å². The molecule has 0 fully saturated rings. The Balaban J connectivity index is 0.000000212. The van der Waals surface area contributed by atoms with E-state index in [0.717, 1.165) is 0 Å². The summed E-state index contributed by atoms with van der Waals surface area (Å²) in [7, 11) is 0. The van der Waals surface area contributed by atoms with Gasteiger partial charge in [-0.05, 0) is 37.3 Å². The van der Waals surface area contributed by atoms with Gasteiger partial charge >= 0.3 is 17.9 Å². The summed E-state index contributed by atoms with van der Waals surface area (Å²) in [6.45, 7) is 4.82. The molecular weight excluding hydrogens is 534 g/mol. The minimum atomic E-state index is -1.17. The van der Waals surface area contributed by atoms with Crippen LogP contribution in [0, 0.1) is 0 Å². The highest BCUT2D eigenvalue weighted by Crippen LogP contribution is 2.56. The number of aromatic hydroxyl groups is 2. The van der Waals surface area contributed by atoms with E-state index in [1.54, 1.807) is 24.3 Å². The first-order chi connectivity index (χ1) is 19.5. The fraction of sp³-hybridized carbons (Fsp3) is 0.200. The van der Waals surface area contributed by atoms with Crippen molar-refractivity contribution in [2.75, 3.05) is 13.2 Å². The number of rotatable bonds is 7. The maximum atomic E-state index is 12.5. The van der Waals surface area contributed by atoms with Gasteiger partial charge in [-0.3, -0.25) is 9.59 Å². The van der Waals surface area contributed by atoms with Gasteiger partial charge in [0.15, 0.2) is 5.60 Å². The van der Waals surface area contributed by atoms with E-state index in [4.69, 9.17) is 15.2 Å². The van der Waals surface area contributed by atoms with E-state index in [1.165, 1.54) is 31.2 Å². The summed E-state index contributed by atoms with van der Waals surface area (Å²) >= 11 is 0. The predicted octanol–water partition coefficient (Wildman–Crippen LogP) is 3.58. The molecule has 5 rings (SSSR count). The third-order valence-electron chi connectivity index (χ3n) is 6.18. The Labute approximate surface area is 234 Å². The zero-order chi connectivity index (χ0) is 29.7. The Morgan fingerprint density at radius 1 is 0.878 bits per heavy atom. The van der Waals surface area contributed by atoms with Gasteiger partial charge in [-0.2, -0.15) is 0 Å². The predicted molar refractivity (Wildman–Crippen MR) is 143 cm³/mol. The van der Waals surface area contributed by atoms with Gasteiger partial charge in [-0.1, -0.05) is 24.8 Å². The van der Waals surface area contributed by atoms with E-state index >= 15 is 0 Å². The molecule has 3 aromatic rings. The summed E-state index contributed by atoms with van der Waals surface area (Å²) < 4.78 is 21.1. The molecule has 11 heteroatoms. The molecule has 2 aliphatic heterocycles. The standard InChI is InChI=1S/C20H12O5.C10H15NO5/c21-11-5-7-15-17(9-11)24-18-10-12(22)6-8-16(18)20(15)14-4-2-1-3-13(14)19(23)25-20;1-7(2)10(14)16-6-5-15-9(13)4-3-8(11)12/h1-10,21-22H;1,3-6H2,2H3,(H2,11,12). The average Bonchev–Trinajstić information content (AvgIpc) is 3.22. The van der Waals surface area contributed by atoms with Gasteiger partial charge < -0.3 is 34.9 Å². The number of fused-ring (bicyclic) bond motifs is 6. The highest BCUT2D eigenvalue weighted by molar-refractivity contribution is 5.97. The third kappa shape index (κ3) is 5.98. The van der Waals surface area contributed by atoms with Crippen LogP contribution in [-0.4, -0.2) is 47.2 Å². The number of carbonyl (C=O) groups excluding carboxylic acids is 4. The zero-order valence-corrected chi connectivity index (χ0v) is 22.0. The first kappa shape index (κ1) is 28.7. The van der Waals surface area contributed by atoms with Crippen molar-refractivity contribution < 1.29 is 48.3 Å². The number of nitrogens with two attached hydrogens (primary N) is 1. The van der Waals surface area contributed by atoms with Crippen LogP contribution in [0.25, 0.3) is 0 Å². The molecule has 11 nitrogen and oxygen atoms in total. The van der Waals surface area contributed by atoms with Gasteiger partial charge in [0.1, 0.15) is 36.2 Å². The number of amides is 1. The van der Waals surface area contributed by atoms with Crippen molar-refractivity contribution in [3.63, 3.8) is 0 Å². The second kappa shape index (κ2) is 11.8. The average molecular weight is 562 g/mol. The first-order valence-corrected chi connectivity index (χ1v) is 12.5. The van der Waals surface area contributed by atoms with Crippen molar-refractivity contribution in [2.45, 2.75) is 25.4 Å². The Morgan fingerprint density at radius 2 is 1.46 bits per heavy atom. The fourth-order valence-electron chi connectivity index (χ4n) is 4.36. The molecule has 4 N–H and O–H groups in total. The molecule has 0 saturated carbocycles. The van der Waals surface area contributed by atoms with Crippen LogP contribution in [-0.2, 0) is 34.2 Å². The number of ether oxygens (including phenoxy) is 4. The molecule has 3 aromatic carbocycles. The van der Waals surface area contributed by atoms with Gasteiger partial charge in [-0.15, -0.1) is 0 Å². The zero-order valence-electron chi connectivity index (χ0n) is 22.0. The number of phenolic OH excluding ortho intramolecular Hbond substituents is 2. The van der Waals surface area contributed by atoms with Crippen LogP contribution in [0.15, 0.2) is 72.8 Å². The van der Waals surface area contributed by atoms with Gasteiger partial charge in [0, 0.05) is 40.8 Å². The van der Waals surface area contributed by atoms with Crippen molar-refractivity contribution in [3.05, 3.63) is 95.1 Å². The van der Waals surface area contributed by atoms with Crippen LogP contribution in [0.5, 0.6) is 23.0 Å². The summed E-state index contributed by atoms with van der Waals surface area (Å²) in [6, 6.07) is 16.6. The van der Waals surface area contributed by atoms with Gasteiger partial charge in [0.05, 0.1) is 12.0 Å². The van der Waals surface area contributed by atoms with Crippen molar-refractivity contribution in [1.82, 2.24) is 0 Å². The summed E-state index contributed by atoms with van der Waals surface area (Å²) in [6.07, 6.45) is -0.117. The molecule has 2 heterocycles. The Kier molecular flexibility index (Phi) is 8.27. The van der Waals surface area contributed by atoms with Crippen LogP contribution in [0.2, 0.25) is 0 Å². The third-order valence-corrected chi connectivity index (χ3v) is 6.18. The number of phenols is 2. The Morgan fingerprint density at radius 3 is 2.05 bits per heavy atom. The molecule has 212 valence electrons. The normalized spacial score (nSPS) is 13.2. The smallest absolute Gasteiger partial charge is 0.340 e. The van der Waals surface area contributed by atoms with E-state index in [2.05, 4.69) is 16.1 Å². The minimum Gasteiger partial charge on any atom is -0.508 e. The summed E-state index contributed by atoms with van der Waals surface area (Å²) in [5.41, 5.74) is 6.40. The molecule has 0 radical (unpaired) electrons. The number of hydrogen-bond acceptors (Lipinski definition) is 10. The van der Waals surface area contributed by atoms with Crippen molar-refractivity contribution in [2.24, 2.45) is 5.73 Å². The number of benzene rings is 3. The Bertz CT molecular complexity index is 1490. The van der Waals surface area contributed by atoms with Gasteiger partial charge in [0.2, 0.25) is 5.91 Å². The van der Waals surface area contributed by atoms with Crippen LogP contribution in [0.3, 0.4) is 0 Å². The van der Waals surface area contributed by atoms with Crippen LogP contribution in [0.4, 0.5) is 0 Å². The summed E-state index contributed by atoms with van der Waals surface area (Å²) in [5.74, 6) is -1.24. The lowest BCUT2D eigenvalue weighted by atomic mass is 9.77. The Hall–Kier alpha value is -5.32. The van der Waals surface area contributed by atoms with Crippen molar-refractivity contribution >= 4 is 23.8 Å². The number of primary amides is 1. The highest BCUT2D eigenvalue weighted by atomic mass is 16.6. The SMILES string of the molecule is C=C(C)C(=O)OCCOC(=O)CCC(N)=O.O=C1OC2(c3ccc(O)cc3Oc3cc(O)ccc32)c2ccccc21. The molecule has 0 unspecified atom stereocenters. The second-order valence-electron chi connectivity index (χ2n) is 9.18. The molecule has 0 aromatic heterocycles. The lowest BCUT2D eigenvalue weighted by Gasteiger charge is -2.36. The number of hydrogen-bond donors (Lipinski definition) is 3. The lowest BCUT2D eigenvalue weighted by molar-refractivity contribution is -0.150. The van der Waals surface area contributed by atoms with E-state index in [9.17, 15) is 29.4 Å². The quantitative estimate of drug-likeness (QED) is 0.168. The van der Waals surface area contributed by atoms with Crippen molar-refractivity contribution in [3.8, 4) is 23.0 Å². The molecule has 1 amide bonds. The van der Waals surface area contributed by atoms with Crippen molar-refractivity contribution in [1.29, 1.82) is 0 Å². The second-order valence-corrected chi connectivity index (χ2v) is 9.18. The van der Waals surface area contributed by atoms with E-state index in [-0.39, 0.29) is 43.1 Å². The molecule has 0 bridgehead atoms. The maximum Gasteiger partial charge on any atom is 0.340 e. The fourth-order valence-corrected chi connectivity index (χ4v) is 4.36. The molecule has 0 saturated heterocycles. The molecule has 1 spiro atoms. The largest absolute Gasteiger partial charge is 0.508 e. The van der Waals surface area contributed by atoms with Crippen LogP contribution < -0.4 is 10.5 Å². The molecular formula is C30H27NO10. The summed E-state index contributed by atoms with van der Waals surface area (Å²) in [5, 5.41) is 19.7. The van der Waals surface area contributed by atoms with Gasteiger partial charge in [-0.25, -0.2) is 9.59 Å². The monoisotopic (exact) mass is 561 g/mol. The van der Waals surface area contributed by atoms with Crippen LogP contribution >= 0.6 is 0 Å². The molecule has 0 atom stereocenters. The highest BCUT2D eigenvalue weighted by Gasteiger charge is 2.53. The molecule has 2 aliphatic rings. The van der Waals surface area contributed by atoms with E-state index < -0.39 is 29.4 Å². The lowest BCUT2D eigenvalue weighted by Crippen LogP contribution is -2.32. The number of esters is 3.